The van der Waals surface area contributed by atoms with Gasteiger partial charge in [-0.05, 0) is 176 Å². The maximum Gasteiger partial charge on any atom is 0.307 e. The Labute approximate surface area is 369 Å². The Kier molecular flexibility index (Phi) is 16.3. The maximum absolute atomic E-state index is 13.5. The van der Waals surface area contributed by atoms with Crippen molar-refractivity contribution >= 4 is 11.9 Å². The van der Waals surface area contributed by atoms with E-state index < -0.39 is 0 Å². The van der Waals surface area contributed by atoms with Crippen LogP contribution in [0.25, 0.3) is 0 Å². The zero-order valence-corrected chi connectivity index (χ0v) is 42.5. The fourth-order valence-electron chi connectivity index (χ4n) is 12.7. The summed E-state index contributed by atoms with van der Waals surface area (Å²) in [4.78, 5) is 37.3. The average molecular weight is 845 g/mol. The number of piperidine rings is 4. The lowest BCUT2D eigenvalue weighted by atomic mass is 9.76. The summed E-state index contributed by atoms with van der Waals surface area (Å²) in [6, 6.07) is 0.841. The first kappa shape index (κ1) is 51.3. The van der Waals surface area contributed by atoms with E-state index in [1.807, 2.05) is 0 Å². The van der Waals surface area contributed by atoms with Gasteiger partial charge in [-0.1, -0.05) is 12.8 Å². The van der Waals surface area contributed by atoms with Crippen molar-refractivity contribution in [1.29, 1.82) is 0 Å². The topological polar surface area (TPSA) is 89.6 Å². The van der Waals surface area contributed by atoms with Crippen LogP contribution in [0.1, 0.15) is 201 Å². The first-order valence-electron chi connectivity index (χ1n) is 24.2. The van der Waals surface area contributed by atoms with Gasteiger partial charge in [0.05, 0.1) is 12.8 Å². The van der Waals surface area contributed by atoms with Gasteiger partial charge in [-0.25, -0.2) is 0 Å². The zero-order valence-electron chi connectivity index (χ0n) is 42.5. The van der Waals surface area contributed by atoms with E-state index in [-0.39, 0.29) is 68.5 Å². The van der Waals surface area contributed by atoms with E-state index in [9.17, 15) is 9.59 Å². The van der Waals surface area contributed by atoms with Crippen LogP contribution in [0, 0.1) is 0 Å². The van der Waals surface area contributed by atoms with Gasteiger partial charge in [-0.3, -0.25) is 29.2 Å². The SMILES string of the molecule is CN1C(C)(C)CC(N(CCCCCCN(CCC(=O)OC2CC(C)(C)NC(C)(C)C2)C2CC(C)(C)N(C)C(C)(C)C2)CCC(=O)OC2CC(C)(C)NC(C)(C)C2)CC1(C)C. The van der Waals surface area contributed by atoms with Crippen LogP contribution in [0.3, 0.4) is 0 Å². The molecule has 0 spiro atoms. The smallest absolute Gasteiger partial charge is 0.307 e. The molecular formula is C50H96N6O4. The van der Waals surface area contributed by atoms with Crippen LogP contribution < -0.4 is 10.6 Å². The van der Waals surface area contributed by atoms with Crippen LogP contribution in [-0.4, -0.2) is 140 Å². The highest BCUT2D eigenvalue weighted by Crippen LogP contribution is 2.41. The highest BCUT2D eigenvalue weighted by atomic mass is 16.5. The monoisotopic (exact) mass is 845 g/mol. The quantitative estimate of drug-likeness (QED) is 0.109. The largest absolute Gasteiger partial charge is 0.462 e. The third-order valence-electron chi connectivity index (χ3n) is 15.4. The maximum atomic E-state index is 13.5. The number of rotatable bonds is 17. The minimum atomic E-state index is -0.0604. The number of carbonyl (C=O) groups is 2. The highest BCUT2D eigenvalue weighted by Gasteiger charge is 2.47. The molecule has 350 valence electrons. The molecule has 0 atom stereocenters. The third kappa shape index (κ3) is 14.6. The minimum Gasteiger partial charge on any atom is -0.462 e. The van der Waals surface area contributed by atoms with Gasteiger partial charge >= 0.3 is 11.9 Å². The average Bonchev–Trinajstić information content (AvgIpc) is 3.03. The summed E-state index contributed by atoms with van der Waals surface area (Å²) < 4.78 is 12.4. The Bertz CT molecular complexity index is 1260. The summed E-state index contributed by atoms with van der Waals surface area (Å²) in [6.07, 6.45) is 13.0. The number of nitrogens with zero attached hydrogens (tertiary/aromatic N) is 4. The van der Waals surface area contributed by atoms with Gasteiger partial charge in [0, 0.05) is 95.2 Å². The Balaban J connectivity index is 1.36. The highest BCUT2D eigenvalue weighted by molar-refractivity contribution is 5.70. The van der Waals surface area contributed by atoms with Crippen molar-refractivity contribution < 1.29 is 19.1 Å². The van der Waals surface area contributed by atoms with Crippen LogP contribution in [0.5, 0.6) is 0 Å². The molecule has 2 N–H and O–H groups in total. The summed E-state index contributed by atoms with van der Waals surface area (Å²) in [5.41, 5.74) is 0.0568. The first-order valence-corrected chi connectivity index (χ1v) is 24.2. The fourth-order valence-corrected chi connectivity index (χ4v) is 12.7. The van der Waals surface area contributed by atoms with E-state index in [1.54, 1.807) is 0 Å². The molecule has 60 heavy (non-hydrogen) atoms. The van der Waals surface area contributed by atoms with Crippen LogP contribution in [0.4, 0.5) is 0 Å². The fraction of sp³-hybridized carbons (Fsp3) is 0.960. The number of likely N-dealkylation sites (tertiary alicyclic amines) is 2. The van der Waals surface area contributed by atoms with E-state index in [0.717, 1.165) is 103 Å². The Morgan fingerprint density at radius 1 is 0.450 bits per heavy atom. The zero-order chi connectivity index (χ0) is 45.3. The summed E-state index contributed by atoms with van der Waals surface area (Å²) >= 11 is 0. The van der Waals surface area contributed by atoms with Gasteiger partial charge in [0.15, 0.2) is 0 Å². The van der Waals surface area contributed by atoms with Crippen molar-refractivity contribution in [2.75, 3.05) is 40.3 Å². The minimum absolute atomic E-state index is 0.0514. The number of hydrogen-bond donors (Lipinski definition) is 2. The van der Waals surface area contributed by atoms with E-state index in [4.69, 9.17) is 9.47 Å². The van der Waals surface area contributed by atoms with Crippen molar-refractivity contribution in [2.24, 2.45) is 0 Å². The lowest BCUT2D eigenvalue weighted by Gasteiger charge is -2.55. The second-order valence-electron chi connectivity index (χ2n) is 25.3. The lowest BCUT2D eigenvalue weighted by molar-refractivity contribution is -0.155. The van der Waals surface area contributed by atoms with Crippen molar-refractivity contribution in [1.82, 2.24) is 30.2 Å². The third-order valence-corrected chi connectivity index (χ3v) is 15.4. The molecule has 4 rings (SSSR count). The Morgan fingerprint density at radius 3 is 0.983 bits per heavy atom. The molecule has 0 aromatic heterocycles. The summed E-state index contributed by atoms with van der Waals surface area (Å²) in [5, 5.41) is 7.43. The van der Waals surface area contributed by atoms with Crippen LogP contribution >= 0.6 is 0 Å². The molecule has 4 heterocycles. The molecular weight excluding hydrogens is 749 g/mol. The second kappa shape index (κ2) is 19.0. The van der Waals surface area contributed by atoms with Gasteiger partial charge in [0.2, 0.25) is 0 Å². The van der Waals surface area contributed by atoms with Crippen molar-refractivity contribution in [2.45, 2.75) is 269 Å². The normalized spacial score (nSPS) is 26.9. The van der Waals surface area contributed by atoms with Crippen LogP contribution in [0.15, 0.2) is 0 Å². The predicted octanol–water partition coefficient (Wildman–Crippen LogP) is 8.94. The number of hydrogen-bond acceptors (Lipinski definition) is 10. The molecule has 0 aromatic carbocycles. The van der Waals surface area contributed by atoms with Gasteiger partial charge in [-0.15, -0.1) is 0 Å². The molecule has 0 bridgehead atoms. The summed E-state index contributed by atoms with van der Waals surface area (Å²) in [5.74, 6) is -0.116. The molecule has 4 aliphatic rings. The van der Waals surface area contributed by atoms with E-state index in [1.165, 1.54) is 0 Å². The summed E-state index contributed by atoms with van der Waals surface area (Å²) in [6.45, 7) is 40.2. The number of esters is 2. The van der Waals surface area contributed by atoms with Crippen molar-refractivity contribution in [3.8, 4) is 0 Å². The molecule has 0 radical (unpaired) electrons. The van der Waals surface area contributed by atoms with E-state index in [0.29, 0.717) is 24.9 Å². The molecule has 10 heteroatoms. The van der Waals surface area contributed by atoms with E-state index in [2.05, 4.69) is 155 Å². The van der Waals surface area contributed by atoms with Gasteiger partial charge in [-0.2, -0.15) is 0 Å². The molecule has 0 unspecified atom stereocenters. The molecule has 0 aliphatic carbocycles. The van der Waals surface area contributed by atoms with E-state index >= 15 is 0 Å². The number of carbonyl (C=O) groups excluding carboxylic acids is 2. The standard InChI is InChI=1S/C50H96N6O4/c1-43(2)33-39(34-44(3,4)51-43)59-41(57)23-27-55(37-29-47(9,10)53(17)48(11,12)30-37)25-21-19-20-22-26-56(38-31-49(13,14)54(18)50(15,16)32-38)28-24-42(58)60-40-35-45(5,6)52-46(7,8)36-40/h37-40,51-52H,19-36H2,1-18H3. The lowest BCUT2D eigenvalue weighted by Crippen LogP contribution is -2.62. The Hall–Kier alpha value is -1.30. The predicted molar refractivity (Wildman–Crippen MR) is 250 cm³/mol. The van der Waals surface area contributed by atoms with Crippen molar-refractivity contribution in [3.05, 3.63) is 0 Å². The van der Waals surface area contributed by atoms with Gasteiger partial charge < -0.3 is 20.1 Å². The molecule has 4 fully saturated rings. The van der Waals surface area contributed by atoms with Gasteiger partial charge in [0.1, 0.15) is 12.2 Å². The molecule has 4 aliphatic heterocycles. The van der Waals surface area contributed by atoms with Crippen LogP contribution in [0.2, 0.25) is 0 Å². The second-order valence-corrected chi connectivity index (χ2v) is 25.3. The molecule has 10 nitrogen and oxygen atoms in total. The molecule has 0 amide bonds. The first-order chi connectivity index (χ1) is 27.2. The number of unbranched alkanes of at least 4 members (excludes halogenated alkanes) is 3. The summed E-state index contributed by atoms with van der Waals surface area (Å²) in [7, 11) is 4.55. The number of ether oxygens (including phenoxy) is 2. The Morgan fingerprint density at radius 2 is 0.717 bits per heavy atom. The molecule has 4 saturated heterocycles. The number of nitrogens with one attached hydrogen (secondary N) is 2. The molecule has 0 aromatic rings. The van der Waals surface area contributed by atoms with Crippen LogP contribution in [-0.2, 0) is 19.1 Å². The van der Waals surface area contributed by atoms with Crippen molar-refractivity contribution in [3.63, 3.8) is 0 Å². The molecule has 0 saturated carbocycles. The van der Waals surface area contributed by atoms with Gasteiger partial charge in [0.25, 0.3) is 0 Å².